The molecule has 0 aliphatic rings. The Kier molecular flexibility index (Phi) is 4.72. The van der Waals surface area contributed by atoms with Crippen molar-refractivity contribution in [3.63, 3.8) is 0 Å². The van der Waals surface area contributed by atoms with Crippen molar-refractivity contribution in [2.45, 2.75) is 25.1 Å². The maximum atomic E-state index is 12.4. The number of aliphatic hydroxyl groups excluding tert-OH is 1. The second kappa shape index (κ2) is 6.34. The lowest BCUT2D eigenvalue weighted by Crippen LogP contribution is -2.27. The quantitative estimate of drug-likeness (QED) is 0.913. The van der Waals surface area contributed by atoms with Crippen molar-refractivity contribution in [2.24, 2.45) is 0 Å². The maximum absolute atomic E-state index is 12.4. The van der Waals surface area contributed by atoms with Crippen LogP contribution in [0.3, 0.4) is 0 Å². The topological polar surface area (TPSA) is 70.5 Å². The summed E-state index contributed by atoms with van der Waals surface area (Å²) in [6, 6.07) is 10.6. The van der Waals surface area contributed by atoms with Crippen molar-refractivity contribution in [3.8, 4) is 0 Å². The predicted molar refractivity (Wildman–Crippen MR) is 80.0 cm³/mol. The number of sulfonamides is 1. The van der Waals surface area contributed by atoms with Crippen LogP contribution in [0, 0.1) is 6.92 Å². The van der Waals surface area contributed by atoms with E-state index in [1.54, 1.807) is 6.07 Å². The van der Waals surface area contributed by atoms with Gasteiger partial charge in [-0.15, -0.1) is 0 Å². The van der Waals surface area contributed by atoms with Crippen molar-refractivity contribution < 1.29 is 13.5 Å². The van der Waals surface area contributed by atoms with Crippen LogP contribution in [0.4, 0.5) is 0 Å². The van der Waals surface area contributed by atoms with Gasteiger partial charge in [0.2, 0.25) is 0 Å². The number of aliphatic hydroxyl groups is 1. The van der Waals surface area contributed by atoms with Crippen molar-refractivity contribution in [1.29, 1.82) is 0 Å². The molecule has 0 unspecified atom stereocenters. The summed E-state index contributed by atoms with van der Waals surface area (Å²) in [5, 5.41) is 8.95. The molecule has 21 heavy (non-hydrogen) atoms. The van der Waals surface area contributed by atoms with Crippen LogP contribution >= 0.6 is 0 Å². The third kappa shape index (κ3) is 3.47. The molecule has 2 aromatic rings. The Bertz CT molecular complexity index is 712. The van der Waals surface area contributed by atoms with E-state index in [4.69, 9.17) is 5.11 Å². The second-order valence-electron chi connectivity index (χ2n) is 4.85. The molecule has 0 radical (unpaired) electrons. The molecule has 0 amide bonds. The zero-order chi connectivity index (χ0) is 15.5. The number of aromatic nitrogens is 1. The number of hydrogen-bond donors (Lipinski definition) is 1. The van der Waals surface area contributed by atoms with Crippen LogP contribution in [0.15, 0.2) is 47.6 Å². The minimum Gasteiger partial charge on any atom is -0.392 e. The molecule has 1 heterocycles. The molecule has 0 atom stereocenters. The summed E-state index contributed by atoms with van der Waals surface area (Å²) in [6.45, 7) is 2.08. The summed E-state index contributed by atoms with van der Waals surface area (Å²) in [5.74, 6) is 0. The lowest BCUT2D eigenvalue weighted by molar-refractivity contribution is 0.281. The fourth-order valence-electron chi connectivity index (χ4n) is 1.93. The van der Waals surface area contributed by atoms with E-state index in [0.717, 1.165) is 11.1 Å². The van der Waals surface area contributed by atoms with E-state index in [0.29, 0.717) is 12.1 Å². The molecule has 1 aromatic carbocycles. The maximum Gasteiger partial charge on any atom is 0.260 e. The summed E-state index contributed by atoms with van der Waals surface area (Å²) in [7, 11) is -2.11. The average molecular weight is 306 g/mol. The van der Waals surface area contributed by atoms with Crippen LogP contribution in [0.25, 0.3) is 0 Å². The van der Waals surface area contributed by atoms with E-state index in [1.807, 2.05) is 31.2 Å². The van der Waals surface area contributed by atoms with Gasteiger partial charge in [-0.1, -0.05) is 30.3 Å². The monoisotopic (exact) mass is 306 g/mol. The van der Waals surface area contributed by atoms with Gasteiger partial charge in [0.15, 0.2) is 5.03 Å². The van der Waals surface area contributed by atoms with Crippen molar-refractivity contribution in [2.75, 3.05) is 7.05 Å². The van der Waals surface area contributed by atoms with Gasteiger partial charge in [0, 0.05) is 19.8 Å². The van der Waals surface area contributed by atoms with Gasteiger partial charge in [-0.25, -0.2) is 13.4 Å². The van der Waals surface area contributed by atoms with Crippen molar-refractivity contribution in [3.05, 3.63) is 59.3 Å². The van der Waals surface area contributed by atoms with Crippen LogP contribution < -0.4 is 0 Å². The fraction of sp³-hybridized carbons (Fsp3) is 0.267. The minimum atomic E-state index is -3.64. The van der Waals surface area contributed by atoms with Crippen LogP contribution in [0.2, 0.25) is 0 Å². The van der Waals surface area contributed by atoms with Gasteiger partial charge in [0.25, 0.3) is 10.0 Å². The Labute approximate surface area is 124 Å². The molecular weight excluding hydrogens is 288 g/mol. The summed E-state index contributed by atoms with van der Waals surface area (Å²) >= 11 is 0. The molecule has 0 spiro atoms. The van der Waals surface area contributed by atoms with Gasteiger partial charge in [-0.3, -0.25) is 0 Å². The first-order valence-electron chi connectivity index (χ1n) is 6.52. The normalized spacial score (nSPS) is 11.8. The van der Waals surface area contributed by atoms with E-state index in [2.05, 4.69) is 4.98 Å². The van der Waals surface area contributed by atoms with Crippen LogP contribution in [0.1, 0.15) is 16.7 Å². The molecule has 112 valence electrons. The molecule has 0 fully saturated rings. The molecule has 0 saturated heterocycles. The number of nitrogens with zero attached hydrogens (tertiary/aromatic N) is 2. The van der Waals surface area contributed by atoms with E-state index in [9.17, 15) is 8.42 Å². The molecule has 2 rings (SSSR count). The van der Waals surface area contributed by atoms with Crippen LogP contribution in [-0.4, -0.2) is 29.9 Å². The molecule has 1 aromatic heterocycles. The van der Waals surface area contributed by atoms with Crippen LogP contribution in [-0.2, 0) is 23.2 Å². The molecule has 0 aliphatic carbocycles. The van der Waals surface area contributed by atoms with Crippen LogP contribution in [0.5, 0.6) is 0 Å². The smallest absolute Gasteiger partial charge is 0.260 e. The molecule has 1 N–H and O–H groups in total. The average Bonchev–Trinajstić information content (AvgIpc) is 2.49. The number of aryl methyl sites for hydroxylation is 1. The van der Waals surface area contributed by atoms with E-state index >= 15 is 0 Å². The van der Waals surface area contributed by atoms with E-state index in [-0.39, 0.29) is 11.6 Å². The highest BCUT2D eigenvalue weighted by Crippen LogP contribution is 2.17. The van der Waals surface area contributed by atoms with Gasteiger partial charge >= 0.3 is 0 Å². The third-order valence-corrected chi connectivity index (χ3v) is 5.03. The zero-order valence-electron chi connectivity index (χ0n) is 12.0. The van der Waals surface area contributed by atoms with Crippen molar-refractivity contribution in [1.82, 2.24) is 9.29 Å². The highest BCUT2D eigenvalue weighted by atomic mass is 32.2. The first-order valence-corrected chi connectivity index (χ1v) is 7.96. The summed E-state index contributed by atoms with van der Waals surface area (Å²) in [6.07, 6.45) is 1.37. The highest BCUT2D eigenvalue weighted by Gasteiger charge is 2.22. The number of pyridine rings is 1. The first-order chi connectivity index (χ1) is 9.95. The molecule has 0 bridgehead atoms. The summed E-state index contributed by atoms with van der Waals surface area (Å²) < 4.78 is 26.2. The van der Waals surface area contributed by atoms with Crippen molar-refractivity contribution >= 4 is 10.0 Å². The molecule has 0 saturated carbocycles. The van der Waals surface area contributed by atoms with Gasteiger partial charge in [-0.2, -0.15) is 4.31 Å². The largest absolute Gasteiger partial charge is 0.392 e. The standard InChI is InChI=1S/C15H18N2O3S/c1-12-5-3-4-6-14(12)10-17(2)21(19,20)15-8-7-13(11-18)9-16-15/h3-9,18H,10-11H2,1-2H3. The first kappa shape index (κ1) is 15.6. The molecule has 6 heteroatoms. The summed E-state index contributed by atoms with van der Waals surface area (Å²) in [4.78, 5) is 3.92. The second-order valence-corrected chi connectivity index (χ2v) is 6.84. The van der Waals surface area contributed by atoms with E-state index in [1.165, 1.54) is 23.6 Å². The van der Waals surface area contributed by atoms with Gasteiger partial charge in [-0.05, 0) is 29.7 Å². The van der Waals surface area contributed by atoms with E-state index < -0.39 is 10.0 Å². The SMILES string of the molecule is Cc1ccccc1CN(C)S(=O)(=O)c1ccc(CO)cn1. The molecule has 0 aliphatic heterocycles. The van der Waals surface area contributed by atoms with Gasteiger partial charge in [0.05, 0.1) is 6.61 Å². The highest BCUT2D eigenvalue weighted by molar-refractivity contribution is 7.89. The number of rotatable bonds is 5. The zero-order valence-corrected chi connectivity index (χ0v) is 12.8. The Balaban J connectivity index is 2.24. The number of hydrogen-bond acceptors (Lipinski definition) is 4. The number of benzene rings is 1. The lowest BCUT2D eigenvalue weighted by atomic mass is 10.1. The van der Waals surface area contributed by atoms with Gasteiger partial charge in [0.1, 0.15) is 0 Å². The van der Waals surface area contributed by atoms with Gasteiger partial charge < -0.3 is 5.11 Å². The molecule has 5 nitrogen and oxygen atoms in total. The Hall–Kier alpha value is -1.76. The lowest BCUT2D eigenvalue weighted by Gasteiger charge is -2.18. The fourth-order valence-corrected chi connectivity index (χ4v) is 2.98. The molecular formula is C15H18N2O3S. The Morgan fingerprint density at radius 3 is 2.48 bits per heavy atom. The minimum absolute atomic E-state index is 0.0178. The Morgan fingerprint density at radius 1 is 1.19 bits per heavy atom. The predicted octanol–water partition coefficient (Wildman–Crippen LogP) is 1.70. The summed E-state index contributed by atoms with van der Waals surface area (Å²) in [5.41, 5.74) is 2.58. The third-order valence-electron chi connectivity index (χ3n) is 3.31. The Morgan fingerprint density at radius 2 is 1.90 bits per heavy atom.